The molecule has 3 aromatic carbocycles. The minimum atomic E-state index is -2.10. The molecular weight excluding hydrogens is 1910 g/mol. The fraction of sp³-hybridized carbons (Fsp3) is 0.545. The molecule has 0 aromatic heterocycles. The molecule has 10 N–H and O–H groups in total. The number of allylic oxidation sites excluding steroid dienone is 10. The van der Waals surface area contributed by atoms with Crippen molar-refractivity contribution >= 4 is 112 Å². The second-order valence-corrected chi connectivity index (χ2v) is 41.6. The van der Waals surface area contributed by atoms with Gasteiger partial charge in [0, 0.05) is 193 Å². The zero-order valence-corrected chi connectivity index (χ0v) is 88.6. The Morgan fingerprint density at radius 2 is 0.878 bits per heavy atom. The van der Waals surface area contributed by atoms with Gasteiger partial charge in [0.15, 0.2) is 11.5 Å². The third-order valence-electron chi connectivity index (χ3n) is 29.5. The summed E-state index contributed by atoms with van der Waals surface area (Å²) in [6, 6.07) is 0. The van der Waals surface area contributed by atoms with Crippen LogP contribution in [0.25, 0.3) is 10.8 Å². The molecule has 0 unspecified atom stereocenters. The molecule has 0 spiro atoms. The number of Topliss-reactive ketones (excluding diaryl/α,β-unsaturated/α-hetero) is 6. The standard InChI is InChI=1S/C55H74N4O15.C55H72N4O15/c2*1-29-16-22-72-55(12)52(69)43-41-42(47(66)36(8)51(43)74-55)49(68)44(57-53(70)31(3)15-13-14-30(2)45(64)34(6)46(65)35(7)50(33(29)5)73-37(9)62)39(48(41)67)26-56-59-19-17-58(18-20-59)21-23-71-32(4)25-54(10,11)40(63)24-38(27-60)28-61/h13-16,22,26-30,33-35,38,45-46,50,64-68H,4,17-21,23-25H2,1-3,5-12H3,(H,57,70);13-16,22,26-30,33-35,38,45-46,50,64-66H,4,17-21,23-25H2,1-3,5-12H3,(H,57,70)/b2*14-13+,22-16+,31-15-,56-26+/t2*29-,30-,33+,34+,35+,45-,46+,50+,55-/m00/s1. The molecule has 2 saturated heterocycles. The minimum absolute atomic E-state index is 0.0326. The number of piperazine rings is 2. The number of nitrogens with one attached hydrogen (secondary N) is 2. The number of aromatic hydroxyl groups is 4. The van der Waals surface area contributed by atoms with E-state index in [9.17, 15) is 108 Å². The van der Waals surface area contributed by atoms with E-state index in [0.29, 0.717) is 102 Å². The number of carbonyl (C=O) groups is 14. The van der Waals surface area contributed by atoms with Crippen LogP contribution in [-0.2, 0) is 76.4 Å². The smallest absolute Gasteiger partial charge is 0.312 e. The Balaban J connectivity index is 0.000000329. The van der Waals surface area contributed by atoms with Gasteiger partial charge < -0.3 is 109 Å². The third kappa shape index (κ3) is 27.3. The average Bonchev–Trinajstić information content (AvgIpc) is 1.50. The van der Waals surface area contributed by atoms with Gasteiger partial charge in [-0.2, -0.15) is 10.2 Å². The molecule has 806 valence electrons. The van der Waals surface area contributed by atoms with Crippen LogP contribution in [0.3, 0.4) is 0 Å². The van der Waals surface area contributed by atoms with Crippen LogP contribution in [-0.4, -0.2) is 284 Å². The van der Waals surface area contributed by atoms with Gasteiger partial charge in [-0.1, -0.05) is 147 Å². The predicted octanol–water partition coefficient (Wildman–Crippen LogP) is 11.4. The first-order valence-corrected chi connectivity index (χ1v) is 50.0. The van der Waals surface area contributed by atoms with E-state index in [1.807, 2.05) is 27.7 Å². The van der Waals surface area contributed by atoms with Crippen molar-refractivity contribution in [3.63, 3.8) is 0 Å². The molecule has 8 heterocycles. The first-order chi connectivity index (χ1) is 69.4. The summed E-state index contributed by atoms with van der Waals surface area (Å²) in [6.45, 7) is 48.6. The lowest BCUT2D eigenvalue weighted by Crippen LogP contribution is -2.45. The van der Waals surface area contributed by atoms with Gasteiger partial charge in [0.25, 0.3) is 23.4 Å². The molecule has 2 amide bonds. The van der Waals surface area contributed by atoms with Gasteiger partial charge in [-0.25, -0.2) is 0 Å². The van der Waals surface area contributed by atoms with E-state index < -0.39 is 211 Å². The molecule has 2 fully saturated rings. The molecule has 8 aliphatic heterocycles. The van der Waals surface area contributed by atoms with Crippen LogP contribution >= 0.6 is 0 Å². The number of phenols is 4. The van der Waals surface area contributed by atoms with Crippen LogP contribution in [0, 0.1) is 95.7 Å². The lowest BCUT2D eigenvalue weighted by Gasteiger charge is -2.37. The van der Waals surface area contributed by atoms with E-state index in [4.69, 9.17) is 37.9 Å². The zero-order valence-electron chi connectivity index (χ0n) is 88.6. The molecule has 0 radical (unpaired) electrons. The number of aliphatic hydroxyl groups excluding tert-OH is 4. The molecular formula is C110H146N8O30. The van der Waals surface area contributed by atoms with E-state index in [2.05, 4.69) is 43.8 Å². The number of esters is 2. The van der Waals surface area contributed by atoms with Crippen molar-refractivity contribution in [2.75, 3.05) is 84.0 Å². The summed E-state index contributed by atoms with van der Waals surface area (Å²) in [5, 5.41) is 111. The van der Waals surface area contributed by atoms with Crippen molar-refractivity contribution in [2.24, 2.45) is 92.0 Å². The van der Waals surface area contributed by atoms with Crippen LogP contribution in [0.1, 0.15) is 222 Å². The van der Waals surface area contributed by atoms with Crippen molar-refractivity contribution in [3.05, 3.63) is 147 Å². The second kappa shape index (κ2) is 50.2. The number of fused-ring (bicyclic) bond motifs is 28. The van der Waals surface area contributed by atoms with E-state index in [1.54, 1.807) is 116 Å². The number of hydrogen-bond donors (Lipinski definition) is 10. The van der Waals surface area contributed by atoms with Crippen LogP contribution in [0.4, 0.5) is 5.69 Å². The lowest BCUT2D eigenvalue weighted by molar-refractivity contribution is -0.159. The highest BCUT2D eigenvalue weighted by Crippen LogP contribution is 2.56. The van der Waals surface area contributed by atoms with E-state index in [-0.39, 0.29) is 129 Å². The maximum Gasteiger partial charge on any atom is 0.312 e. The fourth-order valence-corrected chi connectivity index (χ4v) is 19.0. The first kappa shape index (κ1) is 118. The summed E-state index contributed by atoms with van der Waals surface area (Å²) in [5.41, 5.74) is -4.43. The highest BCUT2D eigenvalue weighted by molar-refractivity contribution is 6.38. The maximum absolute atomic E-state index is 14.9. The Morgan fingerprint density at radius 3 is 1.29 bits per heavy atom. The third-order valence-corrected chi connectivity index (χ3v) is 29.5. The molecule has 148 heavy (non-hydrogen) atoms. The molecule has 12 rings (SSSR count). The monoisotopic (exact) mass is 2060 g/mol. The van der Waals surface area contributed by atoms with Gasteiger partial charge in [0.2, 0.25) is 5.78 Å². The fourth-order valence-electron chi connectivity index (χ4n) is 19.0. The van der Waals surface area contributed by atoms with Crippen LogP contribution < -0.4 is 20.1 Å². The van der Waals surface area contributed by atoms with Crippen molar-refractivity contribution in [3.8, 4) is 34.5 Å². The number of amides is 2. The van der Waals surface area contributed by atoms with Crippen molar-refractivity contribution in [1.82, 2.24) is 25.1 Å². The molecule has 0 saturated carbocycles. The highest BCUT2D eigenvalue weighted by Gasteiger charge is 2.55. The Kier molecular flexibility index (Phi) is 40.2. The van der Waals surface area contributed by atoms with E-state index >= 15 is 0 Å². The summed E-state index contributed by atoms with van der Waals surface area (Å²) in [6.07, 6.45) is 13.3. The summed E-state index contributed by atoms with van der Waals surface area (Å²) in [7, 11) is 0. The summed E-state index contributed by atoms with van der Waals surface area (Å²) in [5.74, 6) is -20.2. The molecule has 1 aliphatic carbocycles. The van der Waals surface area contributed by atoms with Gasteiger partial charge in [-0.3, -0.25) is 67.8 Å². The number of aldehydes is 4. The number of rotatable bonds is 28. The number of ether oxygens (including phenoxy) is 8. The van der Waals surface area contributed by atoms with E-state index in [0.717, 1.165) is 6.21 Å². The van der Waals surface area contributed by atoms with Crippen molar-refractivity contribution in [1.29, 1.82) is 0 Å². The first-order valence-electron chi connectivity index (χ1n) is 50.0. The number of aliphatic hydroxyl groups is 4. The van der Waals surface area contributed by atoms with Gasteiger partial charge in [-0.05, 0) is 63.5 Å². The number of benzene rings is 3. The number of phenolic OH excluding ortho intramolecular Hbond substituents is 4. The average molecular weight is 2060 g/mol. The molecule has 9 aliphatic rings. The van der Waals surface area contributed by atoms with Crippen molar-refractivity contribution < 1.29 is 146 Å². The number of ketones is 6. The normalized spacial score (nSPS) is 28.5. The number of nitrogens with zero attached hydrogens (tertiary/aromatic N) is 6. The molecule has 10 bridgehead atoms. The zero-order chi connectivity index (χ0) is 110. The predicted molar refractivity (Wildman–Crippen MR) is 548 cm³/mol. The summed E-state index contributed by atoms with van der Waals surface area (Å²) < 4.78 is 47.6. The Labute approximate surface area is 863 Å². The number of carbonyl (C=O) groups excluding carboxylic acids is 14. The molecule has 18 atom stereocenters. The highest BCUT2D eigenvalue weighted by atomic mass is 16.7. The van der Waals surface area contributed by atoms with Gasteiger partial charge in [0.1, 0.15) is 96.6 Å². The van der Waals surface area contributed by atoms with Gasteiger partial charge in [-0.15, -0.1) is 0 Å². The Hall–Kier alpha value is -13.1. The summed E-state index contributed by atoms with van der Waals surface area (Å²) >= 11 is 0. The minimum Gasteiger partial charge on any atom is -0.507 e. The largest absolute Gasteiger partial charge is 0.507 e. The van der Waals surface area contributed by atoms with Gasteiger partial charge in [0.05, 0.1) is 117 Å². The molecule has 3 aromatic rings. The van der Waals surface area contributed by atoms with Gasteiger partial charge >= 0.3 is 23.5 Å². The number of hydrazone groups is 2. The maximum atomic E-state index is 14.9. The second-order valence-electron chi connectivity index (χ2n) is 41.6. The van der Waals surface area contributed by atoms with Crippen LogP contribution in [0.5, 0.6) is 34.5 Å². The SMILES string of the molecule is C=C(CC(C)(C)C(=O)CC(C=O)C=O)OCCN1CCN(/N=C/C2=C3NC(=O)/C(C)=C\C=C\[C@H](C)[C@H](O)[C@@H](C)[C@@H](O)[C@@H](C)[C@H](OC(C)=O)[C@H](C)[C@@H](C)/C=C/O[C@@]4(C)Oc5c(C)c(O)c(c(c5C4=O)C2=O)C3=O)CC1.C=C(CC(C)(C)C(=O)CC(C=O)C=O)OCCN1CCN(/N=C/c2c3c(O)c4c(O)c(C)c5c(c4c2O)C(=O)[C@@](C)(O/C=C/[C@H](C)[C@@H](C)[C@@H](OC(C)=O)[C@H](C)[C@H](O)[C@H](C)[C@@H](O)[C@@H](C)/C=C/C=C(/C)C(=O)N3)O5)CC1. The number of anilines is 1. The Bertz CT molecular complexity index is 5860. The topological polar surface area (TPSA) is 536 Å². The van der Waals surface area contributed by atoms with E-state index in [1.165, 1.54) is 86.3 Å². The van der Waals surface area contributed by atoms with Crippen molar-refractivity contribution in [2.45, 2.75) is 226 Å². The van der Waals surface area contributed by atoms with Crippen LogP contribution in [0.2, 0.25) is 0 Å². The lowest BCUT2D eigenvalue weighted by atomic mass is 9.77. The number of hydrogen-bond acceptors (Lipinski definition) is 36. The molecule has 38 heteroatoms. The van der Waals surface area contributed by atoms with Crippen LogP contribution in [0.15, 0.2) is 118 Å². The molecule has 38 nitrogen and oxygen atoms in total. The Morgan fingerprint density at radius 1 is 0.486 bits per heavy atom. The quantitative estimate of drug-likeness (QED) is 0.00614. The summed E-state index contributed by atoms with van der Waals surface area (Å²) in [4.78, 5) is 185.